The fraction of sp³-hybridized carbons (Fsp3) is 0.562. The van der Waals surface area contributed by atoms with Crippen molar-refractivity contribution in [1.29, 1.82) is 0 Å². The predicted octanol–water partition coefficient (Wildman–Crippen LogP) is 4.32. The lowest BCUT2D eigenvalue weighted by atomic mass is 9.91. The molecule has 0 unspecified atom stereocenters. The molecule has 1 aliphatic heterocycles. The summed E-state index contributed by atoms with van der Waals surface area (Å²) < 4.78 is 0. The molecule has 1 fully saturated rings. The Bertz CT molecular complexity index is 407. The number of benzene rings is 1. The van der Waals surface area contributed by atoms with Crippen molar-refractivity contribution >= 4 is 23.1 Å². The smallest absolute Gasteiger partial charge is 0.132 e. The quantitative estimate of drug-likeness (QED) is 0.800. The van der Waals surface area contributed by atoms with Crippen LogP contribution in [0.1, 0.15) is 39.0 Å². The van der Waals surface area contributed by atoms with Crippen molar-refractivity contribution in [2.75, 3.05) is 18.0 Å². The van der Waals surface area contributed by atoms with Crippen molar-refractivity contribution in [2.45, 2.75) is 39.0 Å². The number of piperidine rings is 1. The number of Topliss-reactive ketones (excluding diaryl/α,β-unsaturated/α-hetero) is 1. The van der Waals surface area contributed by atoms with Crippen molar-refractivity contribution in [1.82, 2.24) is 0 Å². The Morgan fingerprint density at radius 1 is 1.26 bits per heavy atom. The first kappa shape index (κ1) is 14.4. The molecule has 1 aliphatic rings. The highest BCUT2D eigenvalue weighted by Gasteiger charge is 2.19. The zero-order chi connectivity index (χ0) is 13.7. The van der Waals surface area contributed by atoms with Crippen LogP contribution in [0.3, 0.4) is 0 Å². The average Bonchev–Trinajstić information content (AvgIpc) is 2.46. The molecule has 0 amide bonds. The van der Waals surface area contributed by atoms with Gasteiger partial charge in [-0.3, -0.25) is 4.79 Å². The number of carbonyl (C=O) groups is 1. The molecule has 1 saturated heterocycles. The minimum absolute atomic E-state index is 0.403. The second kappa shape index (κ2) is 6.95. The number of nitrogens with zero attached hydrogens (tertiary/aromatic N) is 1. The summed E-state index contributed by atoms with van der Waals surface area (Å²) in [6.45, 7) is 4.13. The Kier molecular flexibility index (Phi) is 5.26. The van der Waals surface area contributed by atoms with Crippen molar-refractivity contribution in [2.24, 2.45) is 5.92 Å². The van der Waals surface area contributed by atoms with Gasteiger partial charge < -0.3 is 4.90 Å². The van der Waals surface area contributed by atoms with Gasteiger partial charge in [0.1, 0.15) is 5.78 Å². The number of hydrogen-bond acceptors (Lipinski definition) is 2. The molecule has 2 nitrogen and oxygen atoms in total. The predicted molar refractivity (Wildman–Crippen MR) is 80.9 cm³/mol. The van der Waals surface area contributed by atoms with E-state index >= 15 is 0 Å². The van der Waals surface area contributed by atoms with Crippen LogP contribution in [0.25, 0.3) is 0 Å². The third-order valence-corrected chi connectivity index (χ3v) is 4.28. The normalized spacial score (nSPS) is 16.6. The van der Waals surface area contributed by atoms with Crippen LogP contribution in [-0.2, 0) is 4.79 Å². The Balaban J connectivity index is 1.79. The van der Waals surface area contributed by atoms with Crippen molar-refractivity contribution < 1.29 is 4.79 Å². The zero-order valence-electron chi connectivity index (χ0n) is 11.6. The molecule has 0 aliphatic carbocycles. The van der Waals surface area contributed by atoms with Gasteiger partial charge in [-0.25, -0.2) is 0 Å². The van der Waals surface area contributed by atoms with Gasteiger partial charge in [-0.15, -0.1) is 0 Å². The van der Waals surface area contributed by atoms with Gasteiger partial charge in [0.05, 0.1) is 0 Å². The highest BCUT2D eigenvalue weighted by Crippen LogP contribution is 2.27. The lowest BCUT2D eigenvalue weighted by molar-refractivity contribution is -0.119. The molecule has 104 valence electrons. The number of anilines is 1. The summed E-state index contributed by atoms with van der Waals surface area (Å²) in [4.78, 5) is 13.8. The summed E-state index contributed by atoms with van der Waals surface area (Å²) in [6.07, 6.45) is 4.91. The molecule has 0 radical (unpaired) electrons. The highest BCUT2D eigenvalue weighted by atomic mass is 35.5. The first-order chi connectivity index (χ1) is 9.19. The second-order valence-corrected chi connectivity index (χ2v) is 5.77. The van der Waals surface area contributed by atoms with E-state index in [9.17, 15) is 4.79 Å². The summed E-state index contributed by atoms with van der Waals surface area (Å²) in [7, 11) is 0. The molecule has 1 aromatic rings. The summed E-state index contributed by atoms with van der Waals surface area (Å²) in [6, 6.07) is 8.07. The van der Waals surface area contributed by atoms with E-state index in [1.165, 1.54) is 18.5 Å². The molecule has 0 spiro atoms. The van der Waals surface area contributed by atoms with E-state index in [4.69, 9.17) is 11.6 Å². The van der Waals surface area contributed by atoms with Crippen molar-refractivity contribution in [3.05, 3.63) is 29.3 Å². The molecule has 3 heteroatoms. The highest BCUT2D eigenvalue weighted by molar-refractivity contribution is 6.30. The molecule has 0 aromatic heterocycles. The standard InChI is InChI=1S/C16H22ClNO/c1-2-16(19)8-3-13-9-11-18(12-10-13)15-6-4-14(17)5-7-15/h4-7,13H,2-3,8-12H2,1H3. The lowest BCUT2D eigenvalue weighted by Gasteiger charge is -2.33. The Labute approximate surface area is 120 Å². The van der Waals surface area contributed by atoms with Crippen LogP contribution in [0.4, 0.5) is 5.69 Å². The maximum Gasteiger partial charge on any atom is 0.132 e. The molecule has 2 rings (SSSR count). The zero-order valence-corrected chi connectivity index (χ0v) is 12.3. The summed E-state index contributed by atoms with van der Waals surface area (Å²) in [5.41, 5.74) is 1.26. The van der Waals surface area contributed by atoms with Gasteiger partial charge in [0, 0.05) is 36.6 Å². The third-order valence-electron chi connectivity index (χ3n) is 4.03. The molecule has 1 aromatic carbocycles. The molecular weight excluding hydrogens is 258 g/mol. The Morgan fingerprint density at radius 2 is 1.89 bits per heavy atom. The van der Waals surface area contributed by atoms with Crippen molar-refractivity contribution in [3.8, 4) is 0 Å². The van der Waals surface area contributed by atoms with Crippen LogP contribution in [0, 0.1) is 5.92 Å². The van der Waals surface area contributed by atoms with E-state index < -0.39 is 0 Å². The minimum atomic E-state index is 0.403. The topological polar surface area (TPSA) is 20.3 Å². The molecule has 0 saturated carbocycles. The fourth-order valence-electron chi connectivity index (χ4n) is 2.67. The maximum absolute atomic E-state index is 11.3. The van der Waals surface area contributed by atoms with Crippen LogP contribution in [0.2, 0.25) is 5.02 Å². The van der Waals surface area contributed by atoms with Crippen LogP contribution < -0.4 is 4.90 Å². The van der Waals surface area contributed by atoms with E-state index in [-0.39, 0.29) is 0 Å². The number of rotatable bonds is 5. The molecule has 0 bridgehead atoms. The number of ketones is 1. The molecule has 0 atom stereocenters. The molecular formula is C16H22ClNO. The van der Waals surface area contributed by atoms with Gasteiger partial charge in [0.2, 0.25) is 0 Å². The van der Waals surface area contributed by atoms with Crippen LogP contribution >= 0.6 is 11.6 Å². The van der Waals surface area contributed by atoms with Crippen LogP contribution in [-0.4, -0.2) is 18.9 Å². The Morgan fingerprint density at radius 3 is 2.47 bits per heavy atom. The first-order valence-corrected chi connectivity index (χ1v) is 7.59. The second-order valence-electron chi connectivity index (χ2n) is 5.34. The third kappa shape index (κ3) is 4.24. The number of halogens is 1. The summed E-state index contributed by atoms with van der Waals surface area (Å²) >= 11 is 5.91. The largest absolute Gasteiger partial charge is 0.372 e. The summed E-state index contributed by atoms with van der Waals surface area (Å²) in [5.74, 6) is 1.12. The van der Waals surface area contributed by atoms with Crippen LogP contribution in [0.5, 0.6) is 0 Å². The van der Waals surface area contributed by atoms with E-state index in [0.717, 1.165) is 36.9 Å². The maximum atomic E-state index is 11.3. The van der Waals surface area contributed by atoms with Gasteiger partial charge >= 0.3 is 0 Å². The number of hydrogen-bond donors (Lipinski definition) is 0. The summed E-state index contributed by atoms with van der Waals surface area (Å²) in [5, 5.41) is 0.789. The molecule has 0 N–H and O–H groups in total. The monoisotopic (exact) mass is 279 g/mol. The van der Waals surface area contributed by atoms with Gasteiger partial charge in [-0.05, 0) is 49.4 Å². The van der Waals surface area contributed by atoms with E-state index in [0.29, 0.717) is 12.2 Å². The SMILES string of the molecule is CCC(=O)CCC1CCN(c2ccc(Cl)cc2)CC1. The molecule has 19 heavy (non-hydrogen) atoms. The Hall–Kier alpha value is -1.02. The average molecular weight is 280 g/mol. The van der Waals surface area contributed by atoms with Gasteiger partial charge in [-0.2, -0.15) is 0 Å². The van der Waals surface area contributed by atoms with Gasteiger partial charge in [0.25, 0.3) is 0 Å². The van der Waals surface area contributed by atoms with E-state index in [1.54, 1.807) is 0 Å². The van der Waals surface area contributed by atoms with Crippen molar-refractivity contribution in [3.63, 3.8) is 0 Å². The lowest BCUT2D eigenvalue weighted by Crippen LogP contribution is -2.33. The number of carbonyl (C=O) groups excluding carboxylic acids is 1. The van der Waals surface area contributed by atoms with E-state index in [1.807, 2.05) is 19.1 Å². The first-order valence-electron chi connectivity index (χ1n) is 7.21. The molecule has 1 heterocycles. The minimum Gasteiger partial charge on any atom is -0.372 e. The van der Waals surface area contributed by atoms with Gasteiger partial charge in [-0.1, -0.05) is 18.5 Å². The van der Waals surface area contributed by atoms with E-state index in [2.05, 4.69) is 17.0 Å². The fourth-order valence-corrected chi connectivity index (χ4v) is 2.80. The van der Waals surface area contributed by atoms with Gasteiger partial charge in [0.15, 0.2) is 0 Å². The van der Waals surface area contributed by atoms with Crippen LogP contribution in [0.15, 0.2) is 24.3 Å².